The average Bonchev–Trinajstić information content (AvgIpc) is 2.68. The van der Waals surface area contributed by atoms with Crippen molar-refractivity contribution in [2.75, 3.05) is 31.1 Å². The molecular weight excluding hydrogens is 332 g/mol. The Labute approximate surface area is 151 Å². The van der Waals surface area contributed by atoms with Crippen LogP contribution in [0.4, 0.5) is 5.69 Å². The molecule has 4 nitrogen and oxygen atoms in total. The highest BCUT2D eigenvalue weighted by molar-refractivity contribution is 7.89. The number of benzene rings is 2. The van der Waals surface area contributed by atoms with Gasteiger partial charge in [0.25, 0.3) is 0 Å². The zero-order valence-corrected chi connectivity index (χ0v) is 15.8. The predicted molar refractivity (Wildman–Crippen MR) is 103 cm³/mol. The molecule has 1 aliphatic heterocycles. The van der Waals surface area contributed by atoms with Crippen molar-refractivity contribution in [3.05, 3.63) is 59.7 Å². The van der Waals surface area contributed by atoms with Gasteiger partial charge in [0.05, 0.1) is 4.90 Å². The molecule has 3 rings (SSSR count). The highest BCUT2D eigenvalue weighted by atomic mass is 32.2. The van der Waals surface area contributed by atoms with E-state index < -0.39 is 10.0 Å². The molecule has 0 aromatic heterocycles. The molecule has 25 heavy (non-hydrogen) atoms. The van der Waals surface area contributed by atoms with Crippen molar-refractivity contribution >= 4 is 15.7 Å². The van der Waals surface area contributed by atoms with E-state index in [4.69, 9.17) is 0 Å². The molecule has 0 radical (unpaired) electrons. The minimum atomic E-state index is -3.39. The Hall–Kier alpha value is -1.85. The van der Waals surface area contributed by atoms with E-state index in [2.05, 4.69) is 36.9 Å². The molecule has 1 heterocycles. The van der Waals surface area contributed by atoms with E-state index >= 15 is 0 Å². The second kappa shape index (κ2) is 7.58. The number of nitrogens with zero attached hydrogens (tertiary/aromatic N) is 2. The summed E-state index contributed by atoms with van der Waals surface area (Å²) in [5.74, 6) is 0. The Bertz CT molecular complexity index is 789. The minimum absolute atomic E-state index is 0.381. The first kappa shape index (κ1) is 18.0. The summed E-state index contributed by atoms with van der Waals surface area (Å²) < 4.78 is 27.2. The molecule has 1 saturated heterocycles. The van der Waals surface area contributed by atoms with Crippen LogP contribution in [-0.2, 0) is 22.9 Å². The van der Waals surface area contributed by atoms with Crippen molar-refractivity contribution in [3.63, 3.8) is 0 Å². The van der Waals surface area contributed by atoms with Gasteiger partial charge >= 0.3 is 0 Å². The fraction of sp³-hybridized carbons (Fsp3) is 0.400. The lowest BCUT2D eigenvalue weighted by Crippen LogP contribution is -2.49. The molecule has 2 aromatic rings. The van der Waals surface area contributed by atoms with Crippen molar-refractivity contribution in [1.82, 2.24) is 4.31 Å². The summed E-state index contributed by atoms with van der Waals surface area (Å²) in [6, 6.07) is 15.2. The van der Waals surface area contributed by atoms with Crippen LogP contribution in [0.5, 0.6) is 0 Å². The van der Waals surface area contributed by atoms with E-state index in [-0.39, 0.29) is 0 Å². The first-order valence-corrected chi connectivity index (χ1v) is 10.4. The fourth-order valence-electron chi connectivity index (χ4n) is 3.51. The summed E-state index contributed by atoms with van der Waals surface area (Å²) in [5.41, 5.74) is 4.00. The molecule has 5 heteroatoms. The van der Waals surface area contributed by atoms with E-state index in [1.807, 2.05) is 6.07 Å². The minimum Gasteiger partial charge on any atom is -0.368 e. The number of hydrogen-bond donors (Lipinski definition) is 0. The molecule has 0 spiro atoms. The monoisotopic (exact) mass is 358 g/mol. The van der Waals surface area contributed by atoms with Gasteiger partial charge in [-0.05, 0) is 36.1 Å². The molecule has 1 aliphatic rings. The van der Waals surface area contributed by atoms with Crippen LogP contribution in [0.15, 0.2) is 53.4 Å². The maximum Gasteiger partial charge on any atom is 0.243 e. The largest absolute Gasteiger partial charge is 0.368 e. The van der Waals surface area contributed by atoms with E-state index in [1.54, 1.807) is 28.6 Å². The molecule has 0 atom stereocenters. The summed E-state index contributed by atoms with van der Waals surface area (Å²) in [5, 5.41) is 0. The first-order valence-electron chi connectivity index (χ1n) is 8.98. The van der Waals surface area contributed by atoms with Crippen molar-refractivity contribution in [3.8, 4) is 0 Å². The van der Waals surface area contributed by atoms with Crippen molar-refractivity contribution in [1.29, 1.82) is 0 Å². The zero-order chi connectivity index (χ0) is 17.9. The second-order valence-corrected chi connectivity index (χ2v) is 8.27. The van der Waals surface area contributed by atoms with Gasteiger partial charge in [-0.2, -0.15) is 4.31 Å². The molecule has 0 N–H and O–H groups in total. The predicted octanol–water partition coefficient (Wildman–Crippen LogP) is 3.32. The third kappa shape index (κ3) is 3.58. The number of aryl methyl sites for hydroxylation is 2. The topological polar surface area (TPSA) is 40.6 Å². The van der Waals surface area contributed by atoms with E-state index in [9.17, 15) is 8.42 Å². The maximum atomic E-state index is 12.8. The van der Waals surface area contributed by atoms with Crippen molar-refractivity contribution in [2.24, 2.45) is 0 Å². The van der Waals surface area contributed by atoms with Gasteiger partial charge in [-0.15, -0.1) is 0 Å². The lowest BCUT2D eigenvalue weighted by atomic mass is 10.0. The third-order valence-electron chi connectivity index (χ3n) is 4.90. The van der Waals surface area contributed by atoms with Crippen LogP contribution in [0, 0.1) is 0 Å². The zero-order valence-electron chi connectivity index (χ0n) is 15.0. The number of anilines is 1. The number of sulfonamides is 1. The molecule has 134 valence electrons. The fourth-order valence-corrected chi connectivity index (χ4v) is 4.96. The lowest BCUT2D eigenvalue weighted by molar-refractivity contribution is 0.384. The van der Waals surface area contributed by atoms with Crippen LogP contribution in [-0.4, -0.2) is 38.9 Å². The highest BCUT2D eigenvalue weighted by Gasteiger charge is 2.29. The van der Waals surface area contributed by atoms with Gasteiger partial charge in [0.15, 0.2) is 0 Å². The summed E-state index contributed by atoms with van der Waals surface area (Å²) >= 11 is 0. The SMILES string of the molecule is CCc1cccc(CC)c1N1CCN(S(=O)(=O)c2ccccc2)CC1. The van der Waals surface area contributed by atoms with Gasteiger partial charge in [-0.25, -0.2) is 8.42 Å². The molecule has 2 aromatic carbocycles. The normalized spacial score (nSPS) is 16.2. The molecular formula is C20H26N2O2S. The van der Waals surface area contributed by atoms with Crippen LogP contribution in [0.1, 0.15) is 25.0 Å². The van der Waals surface area contributed by atoms with E-state index in [0.717, 1.165) is 25.9 Å². The van der Waals surface area contributed by atoms with Crippen molar-refractivity contribution in [2.45, 2.75) is 31.6 Å². The Morgan fingerprint density at radius 3 is 1.88 bits per heavy atom. The summed E-state index contributed by atoms with van der Waals surface area (Å²) in [6.07, 6.45) is 1.98. The van der Waals surface area contributed by atoms with Gasteiger partial charge in [-0.3, -0.25) is 0 Å². The van der Waals surface area contributed by atoms with E-state index in [0.29, 0.717) is 18.0 Å². The summed E-state index contributed by atoms with van der Waals surface area (Å²) in [4.78, 5) is 2.74. The second-order valence-electron chi connectivity index (χ2n) is 6.34. The Morgan fingerprint density at radius 2 is 1.36 bits per heavy atom. The third-order valence-corrected chi connectivity index (χ3v) is 6.81. The maximum absolute atomic E-state index is 12.8. The van der Waals surface area contributed by atoms with E-state index in [1.165, 1.54) is 16.8 Å². The summed E-state index contributed by atoms with van der Waals surface area (Å²) in [7, 11) is -3.39. The highest BCUT2D eigenvalue weighted by Crippen LogP contribution is 2.29. The Kier molecular flexibility index (Phi) is 5.45. The molecule has 1 fully saturated rings. The van der Waals surface area contributed by atoms with Gasteiger partial charge in [-0.1, -0.05) is 50.2 Å². The van der Waals surface area contributed by atoms with Crippen LogP contribution in [0.2, 0.25) is 0 Å². The van der Waals surface area contributed by atoms with Crippen LogP contribution in [0.3, 0.4) is 0 Å². The molecule has 0 amide bonds. The number of rotatable bonds is 5. The quantitative estimate of drug-likeness (QED) is 0.823. The summed E-state index contributed by atoms with van der Waals surface area (Å²) in [6.45, 7) is 6.87. The Morgan fingerprint density at radius 1 is 0.800 bits per heavy atom. The Balaban J connectivity index is 1.79. The standard InChI is InChI=1S/C20H26N2O2S/c1-3-17-9-8-10-18(4-2)20(17)21-13-15-22(16-14-21)25(23,24)19-11-6-5-7-12-19/h5-12H,3-4,13-16H2,1-2H3. The molecule has 0 saturated carbocycles. The molecule has 0 unspecified atom stereocenters. The lowest BCUT2D eigenvalue weighted by Gasteiger charge is -2.37. The van der Waals surface area contributed by atoms with Gasteiger partial charge in [0.2, 0.25) is 10.0 Å². The molecule has 0 aliphatic carbocycles. The van der Waals surface area contributed by atoms with Gasteiger partial charge in [0, 0.05) is 31.9 Å². The first-order chi connectivity index (χ1) is 12.1. The smallest absolute Gasteiger partial charge is 0.243 e. The molecule has 0 bridgehead atoms. The van der Waals surface area contributed by atoms with Crippen LogP contribution in [0.25, 0.3) is 0 Å². The number of hydrogen-bond acceptors (Lipinski definition) is 3. The van der Waals surface area contributed by atoms with Crippen LogP contribution < -0.4 is 4.90 Å². The average molecular weight is 359 g/mol. The van der Waals surface area contributed by atoms with Crippen LogP contribution >= 0.6 is 0 Å². The van der Waals surface area contributed by atoms with Gasteiger partial charge < -0.3 is 4.90 Å². The number of para-hydroxylation sites is 1. The van der Waals surface area contributed by atoms with Gasteiger partial charge in [0.1, 0.15) is 0 Å². The number of piperazine rings is 1. The van der Waals surface area contributed by atoms with Crippen molar-refractivity contribution < 1.29 is 8.42 Å².